The van der Waals surface area contributed by atoms with Gasteiger partial charge in [-0.05, 0) is 33.6 Å². The van der Waals surface area contributed by atoms with E-state index in [-0.39, 0.29) is 0 Å². The highest BCUT2D eigenvalue weighted by atomic mass is 15.2. The van der Waals surface area contributed by atoms with Crippen molar-refractivity contribution in [2.75, 3.05) is 5.32 Å². The summed E-state index contributed by atoms with van der Waals surface area (Å²) in [5, 5.41) is 3.67. The van der Waals surface area contributed by atoms with Crippen LogP contribution in [-0.2, 0) is 0 Å². The first kappa shape index (κ1) is 13.4. The Hall–Kier alpha value is -0.990. The largest absolute Gasteiger partial charge is 0.353 e. The number of aromatic nitrogens is 2. The normalized spacial score (nSPS) is 18.7. The van der Waals surface area contributed by atoms with E-state index in [0.29, 0.717) is 12.1 Å². The molecule has 102 valence electrons. The van der Waals surface area contributed by atoms with Crippen LogP contribution in [-0.4, -0.2) is 15.6 Å². The minimum atomic E-state index is 0.474. The van der Waals surface area contributed by atoms with E-state index in [9.17, 15) is 0 Å². The second-order valence-corrected chi connectivity index (χ2v) is 5.89. The third kappa shape index (κ3) is 3.50. The molecule has 1 saturated carbocycles. The molecule has 1 aromatic heterocycles. The van der Waals surface area contributed by atoms with Crippen LogP contribution < -0.4 is 5.32 Å². The van der Waals surface area contributed by atoms with Gasteiger partial charge in [0.1, 0.15) is 0 Å². The SMILES string of the molecule is Cc1cn(C(C)C)c(NC2CCCCCCC2)n1. The van der Waals surface area contributed by atoms with Gasteiger partial charge in [-0.15, -0.1) is 0 Å². The van der Waals surface area contributed by atoms with Gasteiger partial charge in [0.15, 0.2) is 0 Å². The second-order valence-electron chi connectivity index (χ2n) is 5.89. The van der Waals surface area contributed by atoms with Crippen molar-refractivity contribution in [1.82, 2.24) is 9.55 Å². The highest BCUT2D eigenvalue weighted by molar-refractivity contribution is 5.30. The lowest BCUT2D eigenvalue weighted by Gasteiger charge is -2.23. The van der Waals surface area contributed by atoms with Gasteiger partial charge in [0, 0.05) is 18.3 Å². The summed E-state index contributed by atoms with van der Waals surface area (Å²) in [4.78, 5) is 4.63. The summed E-state index contributed by atoms with van der Waals surface area (Å²) in [6.45, 7) is 6.50. The topological polar surface area (TPSA) is 29.9 Å². The van der Waals surface area contributed by atoms with Gasteiger partial charge in [-0.2, -0.15) is 0 Å². The molecule has 0 aliphatic heterocycles. The molecule has 0 atom stereocenters. The molecule has 1 heterocycles. The lowest BCUT2D eigenvalue weighted by Crippen LogP contribution is -2.23. The maximum absolute atomic E-state index is 4.63. The van der Waals surface area contributed by atoms with Gasteiger partial charge >= 0.3 is 0 Å². The van der Waals surface area contributed by atoms with Crippen molar-refractivity contribution >= 4 is 5.95 Å². The van der Waals surface area contributed by atoms with Crippen molar-refractivity contribution in [3.63, 3.8) is 0 Å². The van der Waals surface area contributed by atoms with Crippen LogP contribution in [0.4, 0.5) is 5.95 Å². The number of hydrogen-bond acceptors (Lipinski definition) is 2. The summed E-state index contributed by atoms with van der Waals surface area (Å²) in [6.07, 6.45) is 11.7. The minimum Gasteiger partial charge on any atom is -0.353 e. The average molecular weight is 249 g/mol. The standard InChI is InChI=1S/C15H27N3/c1-12(2)18-11-13(3)16-15(18)17-14-9-7-5-4-6-8-10-14/h11-12,14H,4-10H2,1-3H3,(H,16,17). The van der Waals surface area contributed by atoms with Crippen LogP contribution in [0.3, 0.4) is 0 Å². The summed E-state index contributed by atoms with van der Waals surface area (Å²) >= 11 is 0. The van der Waals surface area contributed by atoms with Gasteiger partial charge in [-0.25, -0.2) is 4.98 Å². The second kappa shape index (κ2) is 6.26. The molecule has 0 unspecified atom stereocenters. The quantitative estimate of drug-likeness (QED) is 0.865. The predicted octanol–water partition coefficient (Wildman–Crippen LogP) is 4.30. The summed E-state index contributed by atoms with van der Waals surface area (Å²) in [7, 11) is 0. The molecular formula is C15H27N3. The summed E-state index contributed by atoms with van der Waals surface area (Å²) in [5.74, 6) is 1.06. The molecule has 0 radical (unpaired) electrons. The third-order valence-corrected chi connectivity index (χ3v) is 3.85. The Morgan fingerprint density at radius 1 is 1.17 bits per heavy atom. The molecule has 1 fully saturated rings. The predicted molar refractivity (Wildman–Crippen MR) is 77.1 cm³/mol. The summed E-state index contributed by atoms with van der Waals surface area (Å²) in [6, 6.07) is 1.09. The van der Waals surface area contributed by atoms with Gasteiger partial charge in [-0.1, -0.05) is 32.1 Å². The molecule has 0 bridgehead atoms. The Balaban J connectivity index is 2.02. The lowest BCUT2D eigenvalue weighted by atomic mass is 9.97. The summed E-state index contributed by atoms with van der Waals surface area (Å²) in [5.41, 5.74) is 1.11. The fourth-order valence-corrected chi connectivity index (χ4v) is 2.80. The molecule has 3 heteroatoms. The third-order valence-electron chi connectivity index (χ3n) is 3.85. The van der Waals surface area contributed by atoms with Gasteiger partial charge in [0.05, 0.1) is 5.69 Å². The molecule has 0 aromatic carbocycles. The van der Waals surface area contributed by atoms with Crippen LogP contribution in [0.1, 0.15) is 70.5 Å². The highest BCUT2D eigenvalue weighted by Crippen LogP contribution is 2.22. The Morgan fingerprint density at radius 3 is 2.39 bits per heavy atom. The average Bonchev–Trinajstić information content (AvgIpc) is 2.63. The molecule has 1 N–H and O–H groups in total. The molecule has 18 heavy (non-hydrogen) atoms. The van der Waals surface area contributed by atoms with Crippen molar-refractivity contribution in [2.45, 2.75) is 77.8 Å². The maximum Gasteiger partial charge on any atom is 0.203 e. The van der Waals surface area contributed by atoms with Gasteiger partial charge in [-0.3, -0.25) is 0 Å². The molecule has 1 aromatic rings. The van der Waals surface area contributed by atoms with Crippen LogP contribution in [0, 0.1) is 6.92 Å². The maximum atomic E-state index is 4.63. The van der Waals surface area contributed by atoms with E-state index in [1.807, 2.05) is 0 Å². The molecule has 3 nitrogen and oxygen atoms in total. The first-order valence-corrected chi connectivity index (χ1v) is 7.49. The zero-order valence-electron chi connectivity index (χ0n) is 12.1. The number of aryl methyl sites for hydroxylation is 1. The number of nitrogens with one attached hydrogen (secondary N) is 1. The Kier molecular flexibility index (Phi) is 4.67. The van der Waals surface area contributed by atoms with Gasteiger partial charge < -0.3 is 9.88 Å². The zero-order chi connectivity index (χ0) is 13.0. The highest BCUT2D eigenvalue weighted by Gasteiger charge is 2.15. The van der Waals surface area contributed by atoms with E-state index in [1.165, 1.54) is 44.9 Å². The number of nitrogens with zero attached hydrogens (tertiary/aromatic N) is 2. The summed E-state index contributed by atoms with van der Waals surface area (Å²) < 4.78 is 2.26. The van der Waals surface area contributed by atoms with Crippen LogP contribution in [0.25, 0.3) is 0 Å². The van der Waals surface area contributed by atoms with Crippen LogP contribution >= 0.6 is 0 Å². The molecule has 0 saturated heterocycles. The monoisotopic (exact) mass is 249 g/mol. The van der Waals surface area contributed by atoms with Crippen molar-refractivity contribution in [3.8, 4) is 0 Å². The van der Waals surface area contributed by atoms with Crippen LogP contribution in [0.5, 0.6) is 0 Å². The van der Waals surface area contributed by atoms with Crippen molar-refractivity contribution in [2.24, 2.45) is 0 Å². The first-order chi connectivity index (χ1) is 8.66. The molecule has 1 aliphatic rings. The first-order valence-electron chi connectivity index (χ1n) is 7.49. The van der Waals surface area contributed by atoms with Crippen molar-refractivity contribution < 1.29 is 0 Å². The fourth-order valence-electron chi connectivity index (χ4n) is 2.80. The fraction of sp³-hybridized carbons (Fsp3) is 0.800. The number of anilines is 1. The Labute approximate surface area is 111 Å². The molecule has 1 aliphatic carbocycles. The Bertz CT molecular complexity index is 360. The van der Waals surface area contributed by atoms with Crippen molar-refractivity contribution in [3.05, 3.63) is 11.9 Å². The van der Waals surface area contributed by atoms with Crippen molar-refractivity contribution in [1.29, 1.82) is 0 Å². The number of imidazole rings is 1. The molecule has 0 spiro atoms. The molecule has 0 amide bonds. The van der Waals surface area contributed by atoms with Crippen LogP contribution in [0.15, 0.2) is 6.20 Å². The van der Waals surface area contributed by atoms with Gasteiger partial charge in [0.2, 0.25) is 5.95 Å². The van der Waals surface area contributed by atoms with Crippen LogP contribution in [0.2, 0.25) is 0 Å². The van der Waals surface area contributed by atoms with E-state index >= 15 is 0 Å². The number of rotatable bonds is 3. The lowest BCUT2D eigenvalue weighted by molar-refractivity contribution is 0.466. The minimum absolute atomic E-state index is 0.474. The zero-order valence-corrected chi connectivity index (χ0v) is 12.1. The van der Waals surface area contributed by atoms with E-state index in [1.54, 1.807) is 0 Å². The van der Waals surface area contributed by atoms with E-state index in [4.69, 9.17) is 0 Å². The smallest absolute Gasteiger partial charge is 0.203 e. The van der Waals surface area contributed by atoms with Gasteiger partial charge in [0.25, 0.3) is 0 Å². The molecule has 2 rings (SSSR count). The van der Waals surface area contributed by atoms with E-state index in [2.05, 4.69) is 41.8 Å². The van der Waals surface area contributed by atoms with E-state index < -0.39 is 0 Å². The molecular weight excluding hydrogens is 222 g/mol. The number of hydrogen-bond donors (Lipinski definition) is 1. The van der Waals surface area contributed by atoms with E-state index in [0.717, 1.165) is 11.6 Å². The Morgan fingerprint density at radius 2 is 1.78 bits per heavy atom.